The fraction of sp³-hybridized carbons (Fsp3) is 0.800. The second-order valence-corrected chi connectivity index (χ2v) is 5.73. The number of carbonyl (C=O) groups is 2. The molecule has 0 saturated heterocycles. The topological polar surface area (TPSA) is 124 Å². The molecule has 0 radical (unpaired) electrons. The summed E-state index contributed by atoms with van der Waals surface area (Å²) in [6, 6.07) is 0. The van der Waals surface area contributed by atoms with Crippen LogP contribution in [0, 0.1) is 0 Å². The van der Waals surface area contributed by atoms with Gasteiger partial charge in [-0.3, -0.25) is 9.59 Å². The van der Waals surface area contributed by atoms with Gasteiger partial charge in [-0.2, -0.15) is 0 Å². The van der Waals surface area contributed by atoms with E-state index in [-0.39, 0.29) is 12.8 Å². The molecule has 0 aromatic heterocycles. The average Bonchev–Trinajstić information content (AvgIpc) is 2.18. The molecule has 0 atom stereocenters. The number of carboxylic acids is 1. The van der Waals surface area contributed by atoms with Gasteiger partial charge in [0.15, 0.2) is 0 Å². The maximum absolute atomic E-state index is 10.9. The molecule has 7 nitrogen and oxygen atoms in total. The summed E-state index contributed by atoms with van der Waals surface area (Å²) in [4.78, 5) is 21.2. The Morgan fingerprint density at radius 3 is 1.72 bits per heavy atom. The maximum atomic E-state index is 10.9. The fourth-order valence-electron chi connectivity index (χ4n) is 1.49. The summed E-state index contributed by atoms with van der Waals surface area (Å²) in [6.07, 6.45) is 4.85. The Labute approximate surface area is 109 Å². The normalized spacial score (nSPS) is 11.3. The van der Waals surface area contributed by atoms with Gasteiger partial charge in [-0.05, 0) is 12.8 Å². The lowest BCUT2D eigenvalue weighted by Gasteiger charge is -2.18. The van der Waals surface area contributed by atoms with E-state index in [1.54, 1.807) is 0 Å². The van der Waals surface area contributed by atoms with Crippen molar-refractivity contribution in [3.05, 3.63) is 0 Å². The number of hydrogen-bond donors (Lipinski definition) is 4. The number of unbranched alkanes of at least 4 members (excludes halogenated alkanes) is 5. The molecule has 0 unspecified atom stereocenters. The Morgan fingerprint density at radius 1 is 0.833 bits per heavy atom. The highest BCUT2D eigenvalue weighted by Crippen LogP contribution is 2.09. The van der Waals surface area contributed by atoms with Crippen molar-refractivity contribution in [1.29, 1.82) is 0 Å². The molecule has 0 bridgehead atoms. The van der Waals surface area contributed by atoms with E-state index in [0.717, 1.165) is 25.7 Å². The van der Waals surface area contributed by atoms with Gasteiger partial charge in [0, 0.05) is 12.8 Å². The largest absolute Gasteiger partial charge is 0.953 e. The van der Waals surface area contributed by atoms with Crippen LogP contribution in [0.1, 0.15) is 51.4 Å². The number of carbonyl (C=O) groups excluding carboxylic acids is 1. The van der Waals surface area contributed by atoms with E-state index in [1.807, 2.05) is 0 Å². The van der Waals surface area contributed by atoms with Gasteiger partial charge in [0.05, 0.1) is 0 Å². The highest BCUT2D eigenvalue weighted by atomic mass is 27.3. The molecule has 18 heavy (non-hydrogen) atoms. The Hall–Kier alpha value is -0.648. The lowest BCUT2D eigenvalue weighted by Crippen LogP contribution is -2.41. The predicted molar refractivity (Wildman–Crippen MR) is 63.1 cm³/mol. The van der Waals surface area contributed by atoms with E-state index in [0.29, 0.717) is 12.8 Å². The lowest BCUT2D eigenvalue weighted by atomic mass is 10.1. The standard InChI is InChI=1S/C10H18O4.Al.3H2O/c11-9(12)7-5-3-1-2-4-6-8-10(13)14;;;;/h1-8H2,(H,11,12)(H,13,14);;3*1H2/q;+3;;;/p-4. The van der Waals surface area contributed by atoms with E-state index < -0.39 is 26.4 Å². The lowest BCUT2D eigenvalue weighted by molar-refractivity contribution is -0.141. The Morgan fingerprint density at radius 2 is 1.28 bits per heavy atom. The molecule has 8 heteroatoms. The molecular formula is C10H20AlO7-. The molecule has 4 N–H and O–H groups in total. The van der Waals surface area contributed by atoms with Crippen molar-refractivity contribution >= 4 is 26.4 Å². The Balaban J connectivity index is 3.30. The van der Waals surface area contributed by atoms with Crippen LogP contribution in [-0.2, 0) is 13.4 Å². The predicted octanol–water partition coefficient (Wildman–Crippen LogP) is 0.148. The van der Waals surface area contributed by atoms with Crippen molar-refractivity contribution in [3.8, 4) is 0 Å². The summed E-state index contributed by atoms with van der Waals surface area (Å²) < 4.78 is 29.6. The first kappa shape index (κ1) is 17.4. The van der Waals surface area contributed by atoms with Crippen molar-refractivity contribution in [2.75, 3.05) is 0 Å². The van der Waals surface area contributed by atoms with Gasteiger partial charge in [-0.15, -0.1) is 0 Å². The number of aliphatic carboxylic acids is 1. The first-order valence-electron chi connectivity index (χ1n) is 6.05. The number of carboxylic acid groups (broad SMARTS) is 1. The SMILES string of the molecule is O=C(O)CCCCCCCCC(=O)[O][Al-]([OH])([OH])[OH]. The molecule has 0 aromatic rings. The Bertz CT molecular complexity index is 261. The van der Waals surface area contributed by atoms with Gasteiger partial charge >= 0.3 is 20.4 Å². The Kier molecular flexibility index (Phi) is 8.97. The van der Waals surface area contributed by atoms with Crippen molar-refractivity contribution in [2.45, 2.75) is 51.4 Å². The quantitative estimate of drug-likeness (QED) is 0.331. The minimum Gasteiger partial charge on any atom is -0.705 e. The monoisotopic (exact) mass is 279 g/mol. The van der Waals surface area contributed by atoms with Gasteiger partial charge in [0.1, 0.15) is 0 Å². The molecule has 0 aliphatic heterocycles. The van der Waals surface area contributed by atoms with E-state index in [1.165, 1.54) is 0 Å². The number of rotatable bonds is 10. The van der Waals surface area contributed by atoms with Crippen LogP contribution in [0.2, 0.25) is 0 Å². The summed E-state index contributed by atoms with van der Waals surface area (Å²) in [5.74, 6) is -1.60. The summed E-state index contributed by atoms with van der Waals surface area (Å²) in [5.41, 5.74) is 0. The van der Waals surface area contributed by atoms with E-state index in [4.69, 9.17) is 17.6 Å². The van der Waals surface area contributed by atoms with Crippen LogP contribution in [0.4, 0.5) is 0 Å². The molecule has 106 valence electrons. The van der Waals surface area contributed by atoms with Crippen LogP contribution >= 0.6 is 0 Å². The summed E-state index contributed by atoms with van der Waals surface area (Å²) in [5, 5.41) is 8.40. The molecule has 0 rings (SSSR count). The molecule has 0 heterocycles. The second kappa shape index (κ2) is 9.30. The molecule has 0 aromatic carbocycles. The first-order valence-corrected chi connectivity index (χ1v) is 8.07. The molecule has 0 spiro atoms. The van der Waals surface area contributed by atoms with Crippen LogP contribution in [-0.4, -0.2) is 43.9 Å². The zero-order chi connectivity index (χ0) is 14.0. The van der Waals surface area contributed by atoms with Crippen molar-refractivity contribution in [2.24, 2.45) is 0 Å². The minimum absolute atomic E-state index is 0.0402. The minimum atomic E-state index is -4.99. The van der Waals surface area contributed by atoms with Crippen LogP contribution < -0.4 is 0 Å². The maximum Gasteiger partial charge on any atom is 0.953 e. The van der Waals surface area contributed by atoms with Crippen LogP contribution in [0.15, 0.2) is 0 Å². The summed E-state index contributed by atoms with van der Waals surface area (Å²) >= 11 is -4.99. The van der Waals surface area contributed by atoms with Gasteiger partial charge in [0.2, 0.25) is 5.97 Å². The van der Waals surface area contributed by atoms with Crippen LogP contribution in [0.5, 0.6) is 0 Å². The summed E-state index contributed by atoms with van der Waals surface area (Å²) in [6.45, 7) is 0. The third-order valence-corrected chi connectivity index (χ3v) is 2.89. The van der Waals surface area contributed by atoms with E-state index in [9.17, 15) is 9.59 Å². The molecule has 0 aliphatic rings. The zero-order valence-corrected chi connectivity index (χ0v) is 11.4. The van der Waals surface area contributed by atoms with E-state index in [2.05, 4.69) is 3.79 Å². The smallest absolute Gasteiger partial charge is 0.705 e. The summed E-state index contributed by atoms with van der Waals surface area (Å²) in [7, 11) is 0. The molecule has 0 fully saturated rings. The molecule has 0 amide bonds. The van der Waals surface area contributed by atoms with Gasteiger partial charge in [-0.1, -0.05) is 25.7 Å². The third-order valence-electron chi connectivity index (χ3n) is 2.31. The third kappa shape index (κ3) is 13.4. The zero-order valence-electron chi connectivity index (χ0n) is 10.2. The van der Waals surface area contributed by atoms with Gasteiger partial charge in [-0.25, -0.2) is 0 Å². The molecule has 0 aliphatic carbocycles. The van der Waals surface area contributed by atoms with Crippen molar-refractivity contribution in [1.82, 2.24) is 0 Å². The van der Waals surface area contributed by atoms with Gasteiger partial charge in [0.25, 0.3) is 0 Å². The number of hydrogen-bond acceptors (Lipinski definition) is 6. The highest BCUT2D eigenvalue weighted by Gasteiger charge is 2.39. The van der Waals surface area contributed by atoms with Crippen molar-refractivity contribution in [3.63, 3.8) is 0 Å². The van der Waals surface area contributed by atoms with Crippen molar-refractivity contribution < 1.29 is 31.0 Å². The molecule has 0 saturated carbocycles. The second-order valence-electron chi connectivity index (χ2n) is 4.17. The first-order chi connectivity index (χ1) is 8.31. The van der Waals surface area contributed by atoms with Crippen LogP contribution in [0.3, 0.4) is 0 Å². The molecular weight excluding hydrogens is 259 g/mol. The fourth-order valence-corrected chi connectivity index (χ4v) is 1.96. The average molecular weight is 279 g/mol. The van der Waals surface area contributed by atoms with Crippen LogP contribution in [0.25, 0.3) is 0 Å². The van der Waals surface area contributed by atoms with Gasteiger partial charge < -0.3 is 21.4 Å². The highest BCUT2D eigenvalue weighted by molar-refractivity contribution is 6.50. The van der Waals surface area contributed by atoms with E-state index >= 15 is 0 Å².